The van der Waals surface area contributed by atoms with Crippen LogP contribution >= 0.6 is 0 Å². The van der Waals surface area contributed by atoms with Gasteiger partial charge in [-0.25, -0.2) is 4.39 Å². The van der Waals surface area contributed by atoms with Gasteiger partial charge in [-0.15, -0.1) is 13.2 Å². The summed E-state index contributed by atoms with van der Waals surface area (Å²) in [5.74, 6) is 4.80. The second-order valence-corrected chi connectivity index (χ2v) is 7.99. The Morgan fingerprint density at radius 1 is 0.794 bits per heavy atom. The van der Waals surface area contributed by atoms with Crippen molar-refractivity contribution < 1.29 is 22.3 Å². The molecule has 5 heteroatoms. The van der Waals surface area contributed by atoms with E-state index in [-0.39, 0.29) is 11.3 Å². The molecule has 0 aliphatic carbocycles. The molecule has 4 rings (SSSR count). The molecule has 0 saturated carbocycles. The van der Waals surface area contributed by atoms with E-state index in [0.29, 0.717) is 10.9 Å². The fraction of sp³-hybridized carbons (Fsp3) is 0.172. The highest BCUT2D eigenvalue weighted by atomic mass is 19.4. The van der Waals surface area contributed by atoms with Gasteiger partial charge in [0, 0.05) is 10.9 Å². The molecule has 0 heterocycles. The molecule has 0 aliphatic rings. The second kappa shape index (κ2) is 10.0. The molecule has 1 nitrogen and oxygen atoms in total. The lowest BCUT2D eigenvalue weighted by molar-refractivity contribution is -0.274. The smallest absolute Gasteiger partial charge is 0.406 e. The molecule has 0 aromatic heterocycles. The fourth-order valence-corrected chi connectivity index (χ4v) is 3.69. The molecule has 172 valence electrons. The van der Waals surface area contributed by atoms with Crippen LogP contribution in [0.25, 0.3) is 21.9 Å². The van der Waals surface area contributed by atoms with Gasteiger partial charge in [-0.05, 0) is 71.3 Å². The largest absolute Gasteiger partial charge is 0.573 e. The minimum atomic E-state index is -4.75. The number of rotatable bonds is 5. The number of halogens is 4. The van der Waals surface area contributed by atoms with Gasteiger partial charge in [0.05, 0.1) is 5.56 Å². The molecular weight excluding hydrogens is 440 g/mol. The monoisotopic (exact) mass is 462 g/mol. The van der Waals surface area contributed by atoms with Crippen molar-refractivity contribution >= 4 is 10.8 Å². The van der Waals surface area contributed by atoms with E-state index in [2.05, 4.69) is 47.8 Å². The molecule has 0 unspecified atom stereocenters. The fourth-order valence-electron chi connectivity index (χ4n) is 3.69. The zero-order valence-corrected chi connectivity index (χ0v) is 18.5. The molecule has 0 N–H and O–H groups in total. The third-order valence-corrected chi connectivity index (χ3v) is 5.49. The van der Waals surface area contributed by atoms with Crippen LogP contribution < -0.4 is 4.74 Å². The Morgan fingerprint density at radius 2 is 1.50 bits per heavy atom. The van der Waals surface area contributed by atoms with Gasteiger partial charge >= 0.3 is 6.36 Å². The summed E-state index contributed by atoms with van der Waals surface area (Å²) in [7, 11) is 0. The minimum absolute atomic E-state index is 0.219. The third-order valence-electron chi connectivity index (χ3n) is 5.49. The summed E-state index contributed by atoms with van der Waals surface area (Å²) in [5, 5.41) is 1.23. The summed E-state index contributed by atoms with van der Waals surface area (Å²) in [6, 6.07) is 22.6. The van der Waals surface area contributed by atoms with Crippen LogP contribution in [0.15, 0.2) is 78.9 Å². The average Bonchev–Trinajstić information content (AvgIpc) is 2.82. The number of alkyl halides is 3. The molecule has 0 radical (unpaired) electrons. The van der Waals surface area contributed by atoms with E-state index in [0.717, 1.165) is 35.8 Å². The van der Waals surface area contributed by atoms with Crippen molar-refractivity contribution in [2.75, 3.05) is 0 Å². The predicted octanol–water partition coefficient (Wildman–Crippen LogP) is 8.29. The molecule has 4 aromatic carbocycles. The molecule has 0 amide bonds. The normalized spacial score (nSPS) is 11.2. The first kappa shape index (κ1) is 23.4. The first-order chi connectivity index (χ1) is 16.3. The molecule has 0 aliphatic heterocycles. The van der Waals surface area contributed by atoms with Gasteiger partial charge in [0.1, 0.15) is 11.6 Å². The Kier molecular flexibility index (Phi) is 6.88. The van der Waals surface area contributed by atoms with Gasteiger partial charge in [-0.1, -0.05) is 67.6 Å². The van der Waals surface area contributed by atoms with Crippen LogP contribution in [0.1, 0.15) is 36.5 Å². The quantitative estimate of drug-likeness (QED) is 0.214. The Bertz CT molecular complexity index is 1340. The third kappa shape index (κ3) is 5.77. The average molecular weight is 462 g/mol. The Morgan fingerprint density at radius 3 is 2.18 bits per heavy atom. The number of benzene rings is 4. The highest BCUT2D eigenvalue weighted by Crippen LogP contribution is 2.28. The molecule has 0 atom stereocenters. The molecule has 4 aromatic rings. The van der Waals surface area contributed by atoms with Crippen molar-refractivity contribution in [2.24, 2.45) is 0 Å². The van der Waals surface area contributed by atoms with Gasteiger partial charge < -0.3 is 4.74 Å². The lowest BCUT2D eigenvalue weighted by Crippen LogP contribution is -2.16. The van der Waals surface area contributed by atoms with Gasteiger partial charge in [0.2, 0.25) is 0 Å². The van der Waals surface area contributed by atoms with Crippen LogP contribution in [0.4, 0.5) is 17.6 Å². The van der Waals surface area contributed by atoms with E-state index in [1.165, 1.54) is 29.8 Å². The van der Waals surface area contributed by atoms with Crippen molar-refractivity contribution in [3.8, 4) is 28.7 Å². The van der Waals surface area contributed by atoms with E-state index < -0.39 is 12.2 Å². The van der Waals surface area contributed by atoms with Gasteiger partial charge in [-0.2, -0.15) is 0 Å². The lowest BCUT2D eigenvalue weighted by Gasteiger charge is -2.08. The predicted molar refractivity (Wildman–Crippen MR) is 127 cm³/mol. The van der Waals surface area contributed by atoms with E-state index in [4.69, 9.17) is 0 Å². The summed E-state index contributed by atoms with van der Waals surface area (Å²) < 4.78 is 55.7. The Hall–Kier alpha value is -3.78. The molecule has 0 fully saturated rings. The van der Waals surface area contributed by atoms with E-state index in [9.17, 15) is 13.2 Å². The maximum absolute atomic E-state index is 15.1. The first-order valence-corrected chi connectivity index (χ1v) is 11.0. The van der Waals surface area contributed by atoms with Crippen molar-refractivity contribution in [3.63, 3.8) is 0 Å². The van der Waals surface area contributed by atoms with Crippen molar-refractivity contribution in [1.29, 1.82) is 0 Å². The van der Waals surface area contributed by atoms with Gasteiger partial charge in [-0.3, -0.25) is 0 Å². The number of aryl methyl sites for hydroxylation is 1. The maximum atomic E-state index is 15.1. The van der Waals surface area contributed by atoms with Crippen LogP contribution in [-0.4, -0.2) is 6.36 Å². The van der Waals surface area contributed by atoms with Crippen molar-refractivity contribution in [3.05, 3.63) is 101 Å². The molecule has 0 spiro atoms. The number of unbranched alkanes of at least 4 members (excludes halogenated alkanes) is 1. The zero-order valence-electron chi connectivity index (χ0n) is 18.5. The number of hydrogen-bond donors (Lipinski definition) is 0. The second-order valence-electron chi connectivity index (χ2n) is 7.99. The topological polar surface area (TPSA) is 9.23 Å². The highest BCUT2D eigenvalue weighted by Gasteiger charge is 2.30. The number of ether oxygens (including phenoxy) is 1. The summed E-state index contributed by atoms with van der Waals surface area (Å²) in [6.45, 7) is 2.17. The standard InChI is InChI=1S/C29H22F4O/c1-2-3-4-20-5-10-22(11-6-20)24-15-18-27-25(19-24)14-13-23(28(27)30)12-7-21-8-16-26(17-9-21)34-29(31,32)33/h5-6,8-11,13-19H,2-4H2,1H3. The minimum Gasteiger partial charge on any atom is -0.406 e. The molecule has 34 heavy (non-hydrogen) atoms. The van der Waals surface area contributed by atoms with Crippen LogP contribution in [0.3, 0.4) is 0 Å². The lowest BCUT2D eigenvalue weighted by atomic mass is 9.98. The van der Waals surface area contributed by atoms with Crippen LogP contribution in [0.5, 0.6) is 5.75 Å². The Balaban J connectivity index is 1.55. The van der Waals surface area contributed by atoms with Crippen molar-refractivity contribution in [1.82, 2.24) is 0 Å². The zero-order chi connectivity index (χ0) is 24.1. The number of fused-ring (bicyclic) bond motifs is 1. The first-order valence-electron chi connectivity index (χ1n) is 11.0. The van der Waals surface area contributed by atoms with Crippen LogP contribution in [0, 0.1) is 17.7 Å². The van der Waals surface area contributed by atoms with Crippen molar-refractivity contribution in [2.45, 2.75) is 32.5 Å². The van der Waals surface area contributed by atoms with E-state index in [1.807, 2.05) is 18.2 Å². The molecular formula is C29H22F4O. The van der Waals surface area contributed by atoms with E-state index in [1.54, 1.807) is 12.1 Å². The summed E-state index contributed by atoms with van der Waals surface area (Å²) in [4.78, 5) is 0. The number of hydrogen-bond acceptors (Lipinski definition) is 1. The highest BCUT2D eigenvalue weighted by molar-refractivity contribution is 5.89. The molecule has 0 bridgehead atoms. The van der Waals surface area contributed by atoms with E-state index >= 15 is 4.39 Å². The molecule has 0 saturated heterocycles. The van der Waals surface area contributed by atoms with Crippen LogP contribution in [0.2, 0.25) is 0 Å². The Labute approximate surface area is 196 Å². The maximum Gasteiger partial charge on any atom is 0.573 e. The summed E-state index contributed by atoms with van der Waals surface area (Å²) in [6.07, 6.45) is -1.36. The van der Waals surface area contributed by atoms with Gasteiger partial charge in [0.15, 0.2) is 0 Å². The van der Waals surface area contributed by atoms with Crippen LogP contribution in [-0.2, 0) is 6.42 Å². The SMILES string of the molecule is CCCCc1ccc(-c2ccc3c(F)c(C#Cc4ccc(OC(F)(F)F)cc4)ccc3c2)cc1. The summed E-state index contributed by atoms with van der Waals surface area (Å²) >= 11 is 0. The van der Waals surface area contributed by atoms with Gasteiger partial charge in [0.25, 0.3) is 0 Å². The summed E-state index contributed by atoms with van der Waals surface area (Å²) in [5.41, 5.74) is 4.06.